The fraction of sp³-hybridized carbons (Fsp3) is 0.900. The van der Waals surface area contributed by atoms with Crippen LogP contribution in [0.1, 0.15) is 65.2 Å². The van der Waals surface area contributed by atoms with Gasteiger partial charge in [-0.1, -0.05) is 13.8 Å². The molecule has 0 aromatic carbocycles. The molecule has 4 fully saturated rings. The highest BCUT2D eigenvalue weighted by Gasteiger charge is 2.60. The van der Waals surface area contributed by atoms with Crippen molar-refractivity contribution in [1.29, 1.82) is 0 Å². The van der Waals surface area contributed by atoms with Gasteiger partial charge in [0.1, 0.15) is 6.29 Å². The van der Waals surface area contributed by atoms with Gasteiger partial charge in [0, 0.05) is 25.4 Å². The molecule has 0 aromatic rings. The summed E-state index contributed by atoms with van der Waals surface area (Å²) in [6, 6.07) is 0.442. The van der Waals surface area contributed by atoms with Crippen LogP contribution in [-0.2, 0) is 9.59 Å². The Kier molecular flexibility index (Phi) is 3.45. The molecule has 1 saturated heterocycles. The lowest BCUT2D eigenvalue weighted by atomic mass is 9.47. The van der Waals surface area contributed by atoms with Gasteiger partial charge in [-0.2, -0.15) is 0 Å². The molecule has 3 heteroatoms. The first-order valence-electron chi connectivity index (χ1n) is 9.63. The Bertz CT molecular complexity index is 532. The molecule has 7 atom stereocenters. The van der Waals surface area contributed by atoms with Crippen LogP contribution < -0.4 is 0 Å². The minimum Gasteiger partial charge on any atom is -0.342 e. The van der Waals surface area contributed by atoms with E-state index in [0.717, 1.165) is 43.4 Å². The zero-order valence-corrected chi connectivity index (χ0v) is 14.9. The molecule has 1 aliphatic heterocycles. The maximum Gasteiger partial charge on any atom is 0.222 e. The molecule has 1 amide bonds. The van der Waals surface area contributed by atoms with Crippen molar-refractivity contribution in [2.75, 3.05) is 7.05 Å². The lowest BCUT2D eigenvalue weighted by Gasteiger charge is -2.61. The van der Waals surface area contributed by atoms with E-state index in [9.17, 15) is 9.59 Å². The van der Waals surface area contributed by atoms with Crippen molar-refractivity contribution in [3.63, 3.8) is 0 Å². The quantitative estimate of drug-likeness (QED) is 0.692. The third kappa shape index (κ3) is 1.94. The number of aldehydes is 1. The van der Waals surface area contributed by atoms with E-state index in [-0.39, 0.29) is 11.3 Å². The first-order chi connectivity index (χ1) is 10.9. The molecule has 0 radical (unpaired) electrons. The van der Waals surface area contributed by atoms with Crippen molar-refractivity contribution in [3.8, 4) is 0 Å². The summed E-state index contributed by atoms with van der Waals surface area (Å²) >= 11 is 0. The highest BCUT2D eigenvalue weighted by atomic mass is 16.2. The summed E-state index contributed by atoms with van der Waals surface area (Å²) in [5, 5.41) is 0. The van der Waals surface area contributed by atoms with Gasteiger partial charge >= 0.3 is 0 Å². The van der Waals surface area contributed by atoms with Crippen LogP contribution >= 0.6 is 0 Å². The molecule has 23 heavy (non-hydrogen) atoms. The lowest BCUT2D eigenvalue weighted by molar-refractivity contribution is -0.158. The van der Waals surface area contributed by atoms with Gasteiger partial charge < -0.3 is 9.69 Å². The summed E-state index contributed by atoms with van der Waals surface area (Å²) in [4.78, 5) is 25.8. The molecular formula is C20H31NO2. The average molecular weight is 317 g/mol. The van der Waals surface area contributed by atoms with Gasteiger partial charge in [0.05, 0.1) is 0 Å². The zero-order chi connectivity index (χ0) is 16.4. The maximum atomic E-state index is 12.2. The van der Waals surface area contributed by atoms with Crippen molar-refractivity contribution in [2.45, 2.75) is 71.3 Å². The second-order valence-electron chi connectivity index (χ2n) is 9.34. The second-order valence-corrected chi connectivity index (χ2v) is 9.34. The number of carbonyl (C=O) groups excluding carboxylic acids is 2. The number of likely N-dealkylation sites (tertiary alicyclic amines) is 1. The number of hydrogen-bond acceptors (Lipinski definition) is 2. The molecule has 128 valence electrons. The molecule has 0 bridgehead atoms. The monoisotopic (exact) mass is 317 g/mol. The summed E-state index contributed by atoms with van der Waals surface area (Å²) in [7, 11) is 2.02. The van der Waals surface area contributed by atoms with Crippen LogP contribution in [0.2, 0.25) is 0 Å². The van der Waals surface area contributed by atoms with Crippen LogP contribution in [0.3, 0.4) is 0 Å². The highest BCUT2D eigenvalue weighted by molar-refractivity contribution is 5.77. The van der Waals surface area contributed by atoms with Crippen molar-refractivity contribution in [2.24, 2.45) is 34.5 Å². The molecule has 0 aromatic heterocycles. The predicted molar refractivity (Wildman–Crippen MR) is 89.7 cm³/mol. The van der Waals surface area contributed by atoms with Gasteiger partial charge in [-0.15, -0.1) is 0 Å². The summed E-state index contributed by atoms with van der Waals surface area (Å²) in [5.74, 6) is 2.89. The smallest absolute Gasteiger partial charge is 0.222 e. The van der Waals surface area contributed by atoms with Crippen molar-refractivity contribution >= 4 is 12.2 Å². The third-order valence-electron chi connectivity index (χ3n) is 8.79. The van der Waals surface area contributed by atoms with Gasteiger partial charge in [-0.25, -0.2) is 0 Å². The Morgan fingerprint density at radius 1 is 1.00 bits per heavy atom. The Balaban J connectivity index is 1.65. The maximum absolute atomic E-state index is 12.2. The molecule has 3 aliphatic carbocycles. The Hall–Kier alpha value is -0.860. The fourth-order valence-corrected chi connectivity index (χ4v) is 7.41. The highest BCUT2D eigenvalue weighted by Crippen LogP contribution is 2.65. The molecule has 4 aliphatic rings. The van der Waals surface area contributed by atoms with E-state index in [1.54, 1.807) is 0 Å². The van der Waals surface area contributed by atoms with Crippen LogP contribution in [0.15, 0.2) is 0 Å². The normalized spacial score (nSPS) is 52.6. The van der Waals surface area contributed by atoms with Crippen LogP contribution in [0.4, 0.5) is 0 Å². The van der Waals surface area contributed by atoms with E-state index in [1.165, 1.54) is 32.0 Å². The first-order valence-corrected chi connectivity index (χ1v) is 9.63. The topological polar surface area (TPSA) is 37.4 Å². The third-order valence-corrected chi connectivity index (χ3v) is 8.79. The van der Waals surface area contributed by atoms with Crippen LogP contribution in [0.25, 0.3) is 0 Å². The minimum absolute atomic E-state index is 0.252. The average Bonchev–Trinajstić information content (AvgIpc) is 2.88. The van der Waals surface area contributed by atoms with E-state index in [0.29, 0.717) is 17.4 Å². The molecule has 0 spiro atoms. The van der Waals surface area contributed by atoms with Crippen molar-refractivity contribution < 1.29 is 9.59 Å². The number of amides is 1. The van der Waals surface area contributed by atoms with E-state index < -0.39 is 0 Å². The lowest BCUT2D eigenvalue weighted by Crippen LogP contribution is -2.61. The number of carbonyl (C=O) groups is 2. The number of fused-ring (bicyclic) bond motifs is 5. The summed E-state index contributed by atoms with van der Waals surface area (Å²) in [6.07, 6.45) is 10.3. The number of rotatable bonds is 1. The van der Waals surface area contributed by atoms with Gasteiger partial charge in [-0.05, 0) is 73.5 Å². The molecule has 0 N–H and O–H groups in total. The molecule has 4 rings (SSSR count). The minimum atomic E-state index is 0.252. The van der Waals surface area contributed by atoms with E-state index >= 15 is 0 Å². The van der Waals surface area contributed by atoms with E-state index in [2.05, 4.69) is 18.7 Å². The SMILES string of the molecule is CN1C(=O)CCC2(C)C3CCC4(C)C(C=O)CCC4C3CCC12. The number of nitrogens with zero attached hydrogens (tertiary/aromatic N) is 1. The van der Waals surface area contributed by atoms with Crippen LogP contribution in [-0.4, -0.2) is 30.2 Å². The second kappa shape index (κ2) is 5.07. The van der Waals surface area contributed by atoms with Crippen LogP contribution in [0.5, 0.6) is 0 Å². The Morgan fingerprint density at radius 3 is 2.48 bits per heavy atom. The predicted octanol–water partition coefficient (Wildman–Crippen LogP) is 3.66. The molecule has 1 heterocycles. The molecular weight excluding hydrogens is 286 g/mol. The standard InChI is InChI=1S/C20H31NO2/c1-19-10-8-16-14(15(19)6-4-13(19)12-22)5-7-17-20(16,2)11-9-18(23)21(17)3/h12-17H,4-11H2,1-3H3. The van der Waals surface area contributed by atoms with Gasteiger partial charge in [-0.3, -0.25) is 4.79 Å². The largest absolute Gasteiger partial charge is 0.342 e. The summed E-state index contributed by atoms with van der Waals surface area (Å²) in [6.45, 7) is 4.86. The summed E-state index contributed by atoms with van der Waals surface area (Å²) in [5.41, 5.74) is 0.550. The van der Waals surface area contributed by atoms with Gasteiger partial charge in [0.2, 0.25) is 5.91 Å². The first kappa shape index (κ1) is 15.7. The van der Waals surface area contributed by atoms with Gasteiger partial charge in [0.15, 0.2) is 0 Å². The van der Waals surface area contributed by atoms with Crippen LogP contribution in [0, 0.1) is 34.5 Å². The zero-order valence-electron chi connectivity index (χ0n) is 14.9. The molecule has 3 nitrogen and oxygen atoms in total. The molecule has 3 saturated carbocycles. The fourth-order valence-electron chi connectivity index (χ4n) is 7.41. The van der Waals surface area contributed by atoms with E-state index in [1.807, 2.05) is 7.05 Å². The van der Waals surface area contributed by atoms with Crippen molar-refractivity contribution in [3.05, 3.63) is 0 Å². The summed E-state index contributed by atoms with van der Waals surface area (Å²) < 4.78 is 0. The molecule has 7 unspecified atom stereocenters. The van der Waals surface area contributed by atoms with Gasteiger partial charge in [0.25, 0.3) is 0 Å². The number of piperidine rings is 1. The van der Waals surface area contributed by atoms with Crippen molar-refractivity contribution in [1.82, 2.24) is 4.90 Å². The Labute approximate surface area is 140 Å². The van der Waals surface area contributed by atoms with E-state index in [4.69, 9.17) is 0 Å². The Morgan fingerprint density at radius 2 is 1.74 bits per heavy atom. The number of hydrogen-bond donors (Lipinski definition) is 0.